The summed E-state index contributed by atoms with van der Waals surface area (Å²) >= 11 is 0. The van der Waals surface area contributed by atoms with Gasteiger partial charge in [0.25, 0.3) is 5.91 Å². The van der Waals surface area contributed by atoms with E-state index >= 15 is 0 Å². The van der Waals surface area contributed by atoms with Gasteiger partial charge in [-0.1, -0.05) is 24.3 Å². The van der Waals surface area contributed by atoms with Crippen molar-refractivity contribution in [3.63, 3.8) is 0 Å². The lowest BCUT2D eigenvalue weighted by Gasteiger charge is -2.12. The summed E-state index contributed by atoms with van der Waals surface area (Å²) in [6, 6.07) is 13.9. The number of benzene rings is 2. The maximum absolute atomic E-state index is 12.1. The lowest BCUT2D eigenvalue weighted by molar-refractivity contribution is -0.148. The summed E-state index contributed by atoms with van der Waals surface area (Å²) < 4.78 is 9.72. The van der Waals surface area contributed by atoms with Crippen molar-refractivity contribution in [1.82, 2.24) is 0 Å². The molecular weight excluding hydrogens is 346 g/mol. The third-order valence-electron chi connectivity index (χ3n) is 3.69. The van der Waals surface area contributed by atoms with Crippen molar-refractivity contribution in [2.45, 2.75) is 20.0 Å². The van der Waals surface area contributed by atoms with Crippen LogP contribution in [0.25, 0.3) is 6.08 Å². The van der Waals surface area contributed by atoms with Gasteiger partial charge in [0.15, 0.2) is 6.10 Å². The van der Waals surface area contributed by atoms with Crippen LogP contribution in [0.2, 0.25) is 0 Å². The normalized spacial score (nSPS) is 11.7. The number of nitrogens with one attached hydrogen (secondary N) is 1. The highest BCUT2D eigenvalue weighted by molar-refractivity contribution is 5.96. The van der Waals surface area contributed by atoms with Gasteiger partial charge in [0, 0.05) is 11.8 Å². The number of methoxy groups -OCH3 is 1. The molecule has 27 heavy (non-hydrogen) atoms. The molecule has 0 spiro atoms. The molecule has 0 unspecified atom stereocenters. The van der Waals surface area contributed by atoms with Gasteiger partial charge in [0.1, 0.15) is 0 Å². The summed E-state index contributed by atoms with van der Waals surface area (Å²) in [6.07, 6.45) is 1.82. The van der Waals surface area contributed by atoms with E-state index in [9.17, 15) is 14.4 Å². The first-order valence-electron chi connectivity index (χ1n) is 8.33. The van der Waals surface area contributed by atoms with Gasteiger partial charge in [-0.2, -0.15) is 0 Å². The summed E-state index contributed by atoms with van der Waals surface area (Å²) in [5.41, 5.74) is 2.78. The lowest BCUT2D eigenvalue weighted by Crippen LogP contribution is -2.29. The molecule has 0 bridgehead atoms. The fourth-order valence-electron chi connectivity index (χ4n) is 2.25. The number of carbonyl (C=O) groups is 3. The fraction of sp³-hybridized carbons (Fsp3) is 0.190. The third kappa shape index (κ3) is 6.11. The molecule has 2 aromatic carbocycles. The Bertz CT molecular complexity index is 855. The molecule has 6 heteroatoms. The Morgan fingerprint density at radius 1 is 1.07 bits per heavy atom. The molecule has 0 aliphatic heterocycles. The predicted molar refractivity (Wildman–Crippen MR) is 102 cm³/mol. The Morgan fingerprint density at radius 3 is 2.41 bits per heavy atom. The molecule has 0 saturated heterocycles. The Kier molecular flexibility index (Phi) is 6.88. The molecule has 0 aliphatic rings. The first kappa shape index (κ1) is 19.9. The van der Waals surface area contributed by atoms with Crippen LogP contribution in [0.3, 0.4) is 0 Å². The summed E-state index contributed by atoms with van der Waals surface area (Å²) in [5, 5.41) is 2.70. The predicted octanol–water partition coefficient (Wildman–Crippen LogP) is 3.37. The Balaban J connectivity index is 1.89. The summed E-state index contributed by atoms with van der Waals surface area (Å²) in [4.78, 5) is 35.4. The highest BCUT2D eigenvalue weighted by Crippen LogP contribution is 2.11. The maximum atomic E-state index is 12.1. The second-order valence-corrected chi connectivity index (χ2v) is 5.88. The minimum absolute atomic E-state index is 0.412. The second-order valence-electron chi connectivity index (χ2n) is 5.88. The monoisotopic (exact) mass is 367 g/mol. The third-order valence-corrected chi connectivity index (χ3v) is 3.69. The number of aryl methyl sites for hydroxylation is 1. The van der Waals surface area contributed by atoms with E-state index in [-0.39, 0.29) is 0 Å². The Hall–Kier alpha value is -3.41. The van der Waals surface area contributed by atoms with Crippen molar-refractivity contribution in [2.24, 2.45) is 0 Å². The Morgan fingerprint density at radius 2 is 1.78 bits per heavy atom. The molecule has 0 saturated carbocycles. The van der Waals surface area contributed by atoms with Crippen LogP contribution >= 0.6 is 0 Å². The van der Waals surface area contributed by atoms with Gasteiger partial charge in [0.2, 0.25) is 0 Å². The van der Waals surface area contributed by atoms with E-state index in [4.69, 9.17) is 4.74 Å². The zero-order valence-electron chi connectivity index (χ0n) is 15.4. The maximum Gasteiger partial charge on any atom is 0.337 e. The molecule has 1 amide bonds. The number of ether oxygens (including phenoxy) is 2. The van der Waals surface area contributed by atoms with Gasteiger partial charge in [-0.3, -0.25) is 4.79 Å². The number of hydrogen-bond acceptors (Lipinski definition) is 5. The summed E-state index contributed by atoms with van der Waals surface area (Å²) in [7, 11) is 1.31. The highest BCUT2D eigenvalue weighted by atomic mass is 16.5. The van der Waals surface area contributed by atoms with Crippen molar-refractivity contribution in [3.8, 4) is 0 Å². The van der Waals surface area contributed by atoms with Gasteiger partial charge in [0.05, 0.1) is 12.7 Å². The average molecular weight is 367 g/mol. The number of esters is 2. The summed E-state index contributed by atoms with van der Waals surface area (Å²) in [5.74, 6) is -1.48. The Labute approximate surface area is 157 Å². The quantitative estimate of drug-likeness (QED) is 0.625. The van der Waals surface area contributed by atoms with E-state index in [2.05, 4.69) is 10.1 Å². The molecule has 0 fully saturated rings. The van der Waals surface area contributed by atoms with Gasteiger partial charge >= 0.3 is 11.9 Å². The first-order valence-corrected chi connectivity index (χ1v) is 8.33. The largest absolute Gasteiger partial charge is 0.465 e. The van der Waals surface area contributed by atoms with E-state index in [1.807, 2.05) is 25.1 Å². The van der Waals surface area contributed by atoms with Gasteiger partial charge in [-0.05, 0) is 55.3 Å². The molecule has 2 rings (SSSR count). The van der Waals surface area contributed by atoms with Crippen LogP contribution in [0.4, 0.5) is 5.69 Å². The fourth-order valence-corrected chi connectivity index (χ4v) is 2.25. The molecular formula is C21H21NO5. The van der Waals surface area contributed by atoms with Crippen LogP contribution in [0, 0.1) is 6.92 Å². The number of amides is 1. The molecule has 0 radical (unpaired) electrons. The number of anilines is 1. The van der Waals surface area contributed by atoms with Crippen molar-refractivity contribution in [1.29, 1.82) is 0 Å². The number of carbonyl (C=O) groups excluding carboxylic acids is 3. The lowest BCUT2D eigenvalue weighted by atomic mass is 10.1. The van der Waals surface area contributed by atoms with Gasteiger partial charge < -0.3 is 14.8 Å². The van der Waals surface area contributed by atoms with E-state index in [1.54, 1.807) is 30.3 Å². The second kappa shape index (κ2) is 9.33. The van der Waals surface area contributed by atoms with Crippen molar-refractivity contribution in [3.05, 3.63) is 71.3 Å². The van der Waals surface area contributed by atoms with Gasteiger partial charge in [-0.15, -0.1) is 0 Å². The minimum Gasteiger partial charge on any atom is -0.465 e. The molecule has 6 nitrogen and oxygen atoms in total. The SMILES string of the molecule is COC(=O)c1ccc(/C=C/C(=O)O[C@H](C)C(=O)Nc2cccc(C)c2)cc1. The van der Waals surface area contributed by atoms with Crippen LogP contribution < -0.4 is 5.32 Å². The molecule has 140 valence electrons. The smallest absolute Gasteiger partial charge is 0.337 e. The van der Waals surface area contributed by atoms with Crippen molar-refractivity contribution < 1.29 is 23.9 Å². The molecule has 0 heterocycles. The van der Waals surface area contributed by atoms with Crippen LogP contribution in [-0.4, -0.2) is 31.1 Å². The molecule has 0 aromatic heterocycles. The molecule has 2 aromatic rings. The topological polar surface area (TPSA) is 81.7 Å². The highest BCUT2D eigenvalue weighted by Gasteiger charge is 2.16. The molecule has 1 atom stereocenters. The van der Waals surface area contributed by atoms with E-state index in [0.29, 0.717) is 16.8 Å². The van der Waals surface area contributed by atoms with Crippen LogP contribution in [-0.2, 0) is 19.1 Å². The molecule has 0 aliphatic carbocycles. The van der Waals surface area contributed by atoms with Crippen molar-refractivity contribution >= 4 is 29.6 Å². The average Bonchev–Trinajstić information content (AvgIpc) is 2.66. The van der Waals surface area contributed by atoms with Gasteiger partial charge in [-0.25, -0.2) is 9.59 Å². The van der Waals surface area contributed by atoms with E-state index < -0.39 is 23.9 Å². The number of rotatable bonds is 6. The van der Waals surface area contributed by atoms with E-state index in [0.717, 1.165) is 5.56 Å². The first-order chi connectivity index (χ1) is 12.9. The minimum atomic E-state index is -0.940. The zero-order valence-corrected chi connectivity index (χ0v) is 15.4. The standard InChI is InChI=1S/C21H21NO5/c1-14-5-4-6-18(13-14)22-20(24)15(2)27-19(23)12-9-16-7-10-17(11-8-16)21(25)26-3/h4-13,15H,1-3H3,(H,22,24)/b12-9+/t15-/m1/s1. The summed E-state index contributed by atoms with van der Waals surface area (Å²) in [6.45, 7) is 3.42. The zero-order chi connectivity index (χ0) is 19.8. The van der Waals surface area contributed by atoms with E-state index in [1.165, 1.54) is 26.2 Å². The molecule has 1 N–H and O–H groups in total. The van der Waals surface area contributed by atoms with Crippen LogP contribution in [0.15, 0.2) is 54.6 Å². The van der Waals surface area contributed by atoms with Crippen LogP contribution in [0.5, 0.6) is 0 Å². The van der Waals surface area contributed by atoms with Crippen LogP contribution in [0.1, 0.15) is 28.4 Å². The number of hydrogen-bond donors (Lipinski definition) is 1. The van der Waals surface area contributed by atoms with Crippen molar-refractivity contribution in [2.75, 3.05) is 12.4 Å².